The molecule has 1 amide bonds. The van der Waals surface area contributed by atoms with Crippen LogP contribution in [0.5, 0.6) is 0 Å². The van der Waals surface area contributed by atoms with E-state index in [2.05, 4.69) is 5.32 Å². The average molecular weight is 322 g/mol. The first kappa shape index (κ1) is 20.1. The van der Waals surface area contributed by atoms with Crippen LogP contribution in [-0.2, 0) is 4.74 Å². The number of rotatable bonds is 4. The summed E-state index contributed by atoms with van der Waals surface area (Å²) in [5.74, 6) is 0. The molecule has 0 saturated carbocycles. The molecular formula is C17H26N2O2S. The number of nitrogens with one attached hydrogen (secondary N) is 1. The molecule has 0 spiro atoms. The topological polar surface area (TPSA) is 64.3 Å². The van der Waals surface area contributed by atoms with Crippen LogP contribution in [-0.4, -0.2) is 11.0 Å². The van der Waals surface area contributed by atoms with Gasteiger partial charge in [0.15, 0.2) is 0 Å². The maximum absolute atomic E-state index is 11.9. The van der Waals surface area contributed by atoms with E-state index in [0.717, 1.165) is 11.1 Å². The normalized spacial score (nSPS) is 12.3. The molecule has 0 saturated heterocycles. The molecule has 0 fully saturated rings. The van der Waals surface area contributed by atoms with E-state index in [0.29, 0.717) is 16.3 Å². The van der Waals surface area contributed by atoms with Crippen LogP contribution in [0.2, 0.25) is 0 Å². The molecule has 1 aromatic rings. The predicted molar refractivity (Wildman–Crippen MR) is 95.7 cm³/mol. The molecule has 0 aliphatic heterocycles. The molecule has 4 nitrogen and oxygen atoms in total. The zero-order valence-corrected chi connectivity index (χ0v) is 15.0. The minimum atomic E-state index is -0.565. The fourth-order valence-corrected chi connectivity index (χ4v) is 2.07. The first-order valence-corrected chi connectivity index (χ1v) is 7.74. The van der Waals surface area contributed by atoms with E-state index in [1.807, 2.05) is 52.0 Å². The van der Waals surface area contributed by atoms with Gasteiger partial charge in [0.25, 0.3) is 0 Å². The van der Waals surface area contributed by atoms with Crippen LogP contribution in [0.4, 0.5) is 4.79 Å². The van der Waals surface area contributed by atoms with Gasteiger partial charge in [0.2, 0.25) is 0 Å². The largest absolute Gasteiger partial charge is 0.441 e. The van der Waals surface area contributed by atoms with E-state index < -0.39 is 6.09 Å². The molecule has 122 valence electrons. The third-order valence-corrected chi connectivity index (χ3v) is 3.09. The van der Waals surface area contributed by atoms with Gasteiger partial charge in [-0.2, -0.15) is 0 Å². The predicted octanol–water partition coefficient (Wildman–Crippen LogP) is 4.39. The lowest BCUT2D eigenvalue weighted by molar-refractivity contribution is 0.110. The second kappa shape index (κ2) is 9.95. The van der Waals surface area contributed by atoms with E-state index >= 15 is 0 Å². The highest BCUT2D eigenvalue weighted by molar-refractivity contribution is 7.80. The van der Waals surface area contributed by atoms with Crippen LogP contribution < -0.4 is 11.1 Å². The van der Waals surface area contributed by atoms with Crippen LogP contribution in [0.15, 0.2) is 35.7 Å². The number of carbonyl (C=O) groups excluding carboxylic acids is 1. The van der Waals surface area contributed by atoms with Crippen molar-refractivity contribution >= 4 is 23.2 Å². The summed E-state index contributed by atoms with van der Waals surface area (Å²) in [6.07, 6.45) is -0.911. The summed E-state index contributed by atoms with van der Waals surface area (Å²) < 4.78 is 5.35. The van der Waals surface area contributed by atoms with Gasteiger partial charge in [0.1, 0.15) is 6.10 Å². The Hall–Kier alpha value is -1.88. The first-order chi connectivity index (χ1) is 10.3. The monoisotopic (exact) mass is 322 g/mol. The number of hydrogen-bond donors (Lipinski definition) is 2. The van der Waals surface area contributed by atoms with Gasteiger partial charge < -0.3 is 10.5 Å². The third-order valence-electron chi connectivity index (χ3n) is 2.88. The maximum Gasteiger partial charge on any atom is 0.412 e. The standard InChI is InChI=1S/C15H20N2O2S.C2H6/c1-9-7-5-6-8-13(9)11(3)19-15(18)17-14(10(2)16)12(4)20;1-2/h5-8,11H,16H2,1-4H3,(H,17,18);1-2H3/b14-10+;. The van der Waals surface area contributed by atoms with Gasteiger partial charge in [-0.1, -0.05) is 50.3 Å². The quantitative estimate of drug-likeness (QED) is 0.637. The second-order valence-electron chi connectivity index (χ2n) is 4.64. The number of hydrogen-bond acceptors (Lipinski definition) is 4. The number of alkyl carbamates (subject to hydrolysis) is 1. The van der Waals surface area contributed by atoms with Crippen molar-refractivity contribution < 1.29 is 9.53 Å². The fourth-order valence-electron chi connectivity index (χ4n) is 1.86. The zero-order valence-electron chi connectivity index (χ0n) is 14.2. The lowest BCUT2D eigenvalue weighted by Gasteiger charge is -2.17. The van der Waals surface area contributed by atoms with Crippen molar-refractivity contribution in [2.75, 3.05) is 0 Å². The number of ether oxygens (including phenoxy) is 1. The summed E-state index contributed by atoms with van der Waals surface area (Å²) in [5.41, 5.74) is 8.61. The summed E-state index contributed by atoms with van der Waals surface area (Å²) in [6, 6.07) is 7.77. The van der Waals surface area contributed by atoms with Crippen molar-refractivity contribution in [3.05, 3.63) is 46.8 Å². The van der Waals surface area contributed by atoms with E-state index in [4.69, 9.17) is 22.7 Å². The number of benzene rings is 1. The minimum Gasteiger partial charge on any atom is -0.441 e. The van der Waals surface area contributed by atoms with Crippen molar-refractivity contribution in [3.63, 3.8) is 0 Å². The average Bonchev–Trinajstić information content (AvgIpc) is 2.46. The van der Waals surface area contributed by atoms with Crippen molar-refractivity contribution in [2.45, 2.75) is 47.6 Å². The Morgan fingerprint density at radius 2 is 1.82 bits per heavy atom. The molecule has 1 atom stereocenters. The molecule has 1 unspecified atom stereocenters. The van der Waals surface area contributed by atoms with Crippen molar-refractivity contribution in [3.8, 4) is 0 Å². The van der Waals surface area contributed by atoms with Gasteiger partial charge >= 0.3 is 6.09 Å². The highest BCUT2D eigenvalue weighted by Crippen LogP contribution is 2.20. The van der Waals surface area contributed by atoms with E-state index in [-0.39, 0.29) is 6.10 Å². The number of amides is 1. The Balaban J connectivity index is 0.00000211. The summed E-state index contributed by atoms with van der Waals surface area (Å²) >= 11 is 5.03. The summed E-state index contributed by atoms with van der Waals surface area (Å²) in [7, 11) is 0. The minimum absolute atomic E-state index is 0.346. The van der Waals surface area contributed by atoms with E-state index in [1.54, 1.807) is 13.8 Å². The molecule has 0 radical (unpaired) electrons. The van der Waals surface area contributed by atoms with Gasteiger partial charge in [-0.05, 0) is 38.8 Å². The van der Waals surface area contributed by atoms with E-state index in [1.165, 1.54) is 0 Å². The molecule has 1 aromatic carbocycles. The molecule has 0 bridgehead atoms. The Bertz CT molecular complexity index is 549. The maximum atomic E-state index is 11.9. The molecule has 5 heteroatoms. The molecule has 3 N–H and O–H groups in total. The van der Waals surface area contributed by atoms with Crippen LogP contribution in [0.3, 0.4) is 0 Å². The van der Waals surface area contributed by atoms with Gasteiger partial charge in [0, 0.05) is 10.6 Å². The highest BCUT2D eigenvalue weighted by Gasteiger charge is 2.15. The fraction of sp³-hybridized carbons (Fsp3) is 0.412. The number of carbonyl (C=O) groups is 1. The van der Waals surface area contributed by atoms with Crippen molar-refractivity contribution in [2.24, 2.45) is 5.73 Å². The van der Waals surface area contributed by atoms with Gasteiger partial charge in [0.05, 0.1) is 5.70 Å². The highest BCUT2D eigenvalue weighted by atomic mass is 32.1. The molecule has 1 rings (SSSR count). The molecule has 0 heterocycles. The Labute approximate surface area is 138 Å². The number of allylic oxidation sites excluding steroid dienone is 2. The van der Waals surface area contributed by atoms with Gasteiger partial charge in [-0.25, -0.2) is 4.79 Å². The molecule has 0 aromatic heterocycles. The SMILES string of the molecule is CC.CC(=S)/C(NC(=O)OC(C)c1ccccc1C)=C(/C)N. The lowest BCUT2D eigenvalue weighted by Crippen LogP contribution is -2.29. The molecular weight excluding hydrogens is 296 g/mol. The van der Waals surface area contributed by atoms with Crippen LogP contribution in [0.25, 0.3) is 0 Å². The Kier molecular flexibility index (Phi) is 9.10. The van der Waals surface area contributed by atoms with E-state index in [9.17, 15) is 4.79 Å². The third kappa shape index (κ3) is 6.26. The number of thiocarbonyl (C=S) groups is 1. The first-order valence-electron chi connectivity index (χ1n) is 7.33. The van der Waals surface area contributed by atoms with Crippen LogP contribution in [0, 0.1) is 6.92 Å². The molecule has 0 aliphatic carbocycles. The lowest BCUT2D eigenvalue weighted by atomic mass is 10.1. The van der Waals surface area contributed by atoms with Gasteiger partial charge in [-0.3, -0.25) is 5.32 Å². The number of aryl methyl sites for hydroxylation is 1. The Morgan fingerprint density at radius 3 is 2.27 bits per heavy atom. The summed E-state index contributed by atoms with van der Waals surface area (Å²) in [4.78, 5) is 12.4. The Morgan fingerprint density at radius 1 is 1.27 bits per heavy atom. The zero-order chi connectivity index (χ0) is 17.3. The van der Waals surface area contributed by atoms with Crippen LogP contribution >= 0.6 is 12.2 Å². The molecule has 0 aliphatic rings. The second-order valence-corrected chi connectivity index (χ2v) is 5.26. The van der Waals surface area contributed by atoms with Crippen molar-refractivity contribution in [1.82, 2.24) is 5.32 Å². The van der Waals surface area contributed by atoms with Crippen molar-refractivity contribution in [1.29, 1.82) is 0 Å². The summed E-state index contributed by atoms with van der Waals surface area (Å²) in [6.45, 7) is 11.2. The molecule has 22 heavy (non-hydrogen) atoms. The van der Waals surface area contributed by atoms with Crippen LogP contribution in [0.1, 0.15) is 51.8 Å². The smallest absolute Gasteiger partial charge is 0.412 e. The summed E-state index contributed by atoms with van der Waals surface area (Å²) in [5, 5.41) is 2.59. The number of nitrogens with two attached hydrogens (primary N) is 1. The van der Waals surface area contributed by atoms with Gasteiger partial charge in [-0.15, -0.1) is 0 Å².